The standard InChI is InChI=1S/C13H23F3.C13H24F2.C13H25F.C13H26O.C12H21F3.C11H19F3.C11H20F2.C11H22O.C10H17F3.C10H18F2/c1-9(2)11-6-5-7-12(11,10(3)4)8-13(14,15)16;1-9(2)11-6-5-7-13(11,10(3)4)8-12(14)15;1-9(2)12-7-6-8-13(12,10(3)4)11(5)14;1-10(2)12-7-6-8-13(12,9-14-5)11(3)4;1-8(2)10-6-5-7-11(10,9(3)4)12(13,14)15;1-7(2)9-5-10(9,8(3)4)6-11(12,13)14;1-7(2)9-5-11(9,8(3)4)6-10(12)13;1-8(2)10-6-11(10,7-12-5)9(3)4;1-6(2)8-5-9(8,7(3)4)10(11,12)13;1-6(2)8-5-10(8,7(3)4)9(11)12/h9-11H,5-8H2,1-4H3;9-12H,5-8H2,1-4H3;9-12H,6-8H2,1-5H3;10-12H,6-9H2,1-5H3;8-10H,5-7H2,1-4H3;7-9H,5-6H2,1-4H3;7-10H,5-6H2,1-4H3;8-10H,6-7H2,1-5H3;6-8H,5H2,1-4H3;6-9H,5H2,1-4H3. The zero-order chi connectivity index (χ0) is 108. The molecule has 21 unspecified atom stereocenters. The molecule has 828 valence electrons. The quantitative estimate of drug-likeness (QED) is 0.0625. The van der Waals surface area contributed by atoms with Crippen molar-refractivity contribution in [3.05, 3.63) is 0 Å². The van der Waals surface area contributed by atoms with Crippen LogP contribution in [-0.4, -0.2) is 77.6 Å². The molecule has 21 heteroatoms. The predicted molar refractivity (Wildman–Crippen MR) is 543 cm³/mol. The molecule has 0 aliphatic heterocycles. The summed E-state index contributed by atoms with van der Waals surface area (Å²) in [4.78, 5) is 0. The van der Waals surface area contributed by atoms with Crippen LogP contribution < -0.4 is 0 Å². The van der Waals surface area contributed by atoms with Crippen molar-refractivity contribution in [2.45, 2.75) is 488 Å². The molecule has 0 saturated heterocycles. The fraction of sp³-hybridized carbons (Fsp3) is 1.00. The fourth-order valence-electron chi connectivity index (χ4n) is 30.5. The van der Waals surface area contributed by atoms with E-state index in [0.717, 1.165) is 126 Å². The maximum atomic E-state index is 13.9. The van der Waals surface area contributed by atoms with Gasteiger partial charge in [-0.1, -0.05) is 309 Å². The first-order valence-corrected chi connectivity index (χ1v) is 55.3. The second kappa shape index (κ2) is 54.3. The number of alkyl halides is 19. The van der Waals surface area contributed by atoms with Crippen LogP contribution in [0, 0.1) is 232 Å². The summed E-state index contributed by atoms with van der Waals surface area (Å²) in [6, 6.07) is 0. The molecule has 0 bridgehead atoms. The lowest BCUT2D eigenvalue weighted by Crippen LogP contribution is -2.47. The van der Waals surface area contributed by atoms with E-state index < -0.39 is 90.1 Å². The van der Waals surface area contributed by atoms with E-state index in [2.05, 4.69) is 152 Å². The molecule has 138 heavy (non-hydrogen) atoms. The summed E-state index contributed by atoms with van der Waals surface area (Å²) in [7, 11) is 3.67. The number of ether oxygens (including phenoxy) is 2. The van der Waals surface area contributed by atoms with Gasteiger partial charge in [-0.15, -0.1) is 0 Å². The largest absolute Gasteiger partial charge is 0.395 e. The van der Waals surface area contributed by atoms with Gasteiger partial charge in [0.2, 0.25) is 19.3 Å². The smallest absolute Gasteiger partial charge is 0.384 e. The topological polar surface area (TPSA) is 18.5 Å². The highest BCUT2D eigenvalue weighted by Crippen LogP contribution is 2.71. The molecule has 0 spiro atoms. The van der Waals surface area contributed by atoms with E-state index in [0.29, 0.717) is 94.7 Å². The molecular formula is C117H215F19O2. The van der Waals surface area contributed by atoms with Crippen molar-refractivity contribution in [1.82, 2.24) is 0 Å². The molecule has 0 aromatic heterocycles. The highest BCUT2D eigenvalue weighted by Gasteiger charge is 2.73. The van der Waals surface area contributed by atoms with Crippen molar-refractivity contribution >= 4 is 0 Å². The minimum Gasteiger partial charge on any atom is -0.384 e. The van der Waals surface area contributed by atoms with Gasteiger partial charge in [-0.05, 0) is 313 Å². The molecule has 10 rings (SSSR count). The minimum absolute atomic E-state index is 0.0336. The van der Waals surface area contributed by atoms with Gasteiger partial charge >= 0.3 is 24.7 Å². The van der Waals surface area contributed by atoms with Gasteiger partial charge in [0.05, 0.1) is 24.0 Å². The van der Waals surface area contributed by atoms with Gasteiger partial charge in [0, 0.05) is 50.7 Å². The molecular weight excluding hydrogens is 1800 g/mol. The summed E-state index contributed by atoms with van der Waals surface area (Å²) in [5.41, 5.74) is -3.60. The molecule has 0 aromatic carbocycles. The maximum Gasteiger partial charge on any atom is 0.395 e. The van der Waals surface area contributed by atoms with Crippen LogP contribution in [0.3, 0.4) is 0 Å². The van der Waals surface area contributed by atoms with E-state index in [1.54, 1.807) is 34.6 Å². The van der Waals surface area contributed by atoms with Crippen LogP contribution >= 0.6 is 0 Å². The Hall–Kier alpha value is -1.41. The molecule has 0 amide bonds. The third kappa shape index (κ3) is 33.3. The Labute approximate surface area is 835 Å². The van der Waals surface area contributed by atoms with Crippen LogP contribution in [-0.2, 0) is 9.47 Å². The van der Waals surface area contributed by atoms with E-state index in [-0.39, 0.29) is 100 Å². The van der Waals surface area contributed by atoms with Crippen molar-refractivity contribution in [2.75, 3.05) is 27.4 Å². The first kappa shape index (κ1) is 135. The second-order valence-corrected chi connectivity index (χ2v) is 52.8. The molecule has 2 nitrogen and oxygen atoms in total. The molecule has 0 aromatic rings. The zero-order valence-electron chi connectivity index (χ0n) is 96.0. The van der Waals surface area contributed by atoms with Gasteiger partial charge in [-0.2, -0.15) is 52.7 Å². The molecule has 0 radical (unpaired) electrons. The van der Waals surface area contributed by atoms with Crippen molar-refractivity contribution in [1.29, 1.82) is 0 Å². The number of hydrogen-bond donors (Lipinski definition) is 0. The summed E-state index contributed by atoms with van der Waals surface area (Å²) in [6.45, 7) is 86.4. The van der Waals surface area contributed by atoms with E-state index in [4.69, 9.17) is 9.47 Å². The van der Waals surface area contributed by atoms with Crippen LogP contribution in [0.4, 0.5) is 83.4 Å². The van der Waals surface area contributed by atoms with Gasteiger partial charge in [0.25, 0.3) is 0 Å². The summed E-state index contributed by atoms with van der Waals surface area (Å²) in [6.07, 6.45) is -4.58. The third-order valence-corrected chi connectivity index (χ3v) is 39.3. The number of hydrogen-bond acceptors (Lipinski definition) is 2. The van der Waals surface area contributed by atoms with E-state index >= 15 is 0 Å². The monoisotopic (exact) mass is 2010 g/mol. The Kier molecular flexibility index (Phi) is 53.0. The Morgan fingerprint density at radius 2 is 0.500 bits per heavy atom. The second-order valence-electron chi connectivity index (χ2n) is 52.8. The zero-order valence-corrected chi connectivity index (χ0v) is 96.0. The summed E-state index contributed by atoms with van der Waals surface area (Å²) < 4.78 is 254. The molecule has 10 saturated carbocycles. The van der Waals surface area contributed by atoms with Crippen LogP contribution in [0.15, 0.2) is 0 Å². The number of rotatable bonds is 32. The maximum absolute atomic E-state index is 13.9. The number of methoxy groups -OCH3 is 2. The predicted octanol–water partition coefficient (Wildman–Crippen LogP) is 41.2. The van der Waals surface area contributed by atoms with Crippen LogP contribution in [0.2, 0.25) is 0 Å². The van der Waals surface area contributed by atoms with Crippen molar-refractivity contribution in [3.8, 4) is 0 Å². The molecule has 10 aliphatic rings. The summed E-state index contributed by atoms with van der Waals surface area (Å²) in [5, 5.41) is 0. The van der Waals surface area contributed by atoms with Gasteiger partial charge in [0.1, 0.15) is 6.17 Å². The Balaban J connectivity index is 0.000000767. The van der Waals surface area contributed by atoms with Crippen LogP contribution in [0.25, 0.3) is 0 Å². The highest BCUT2D eigenvalue weighted by molar-refractivity contribution is 5.12. The summed E-state index contributed by atoms with van der Waals surface area (Å²) in [5.74, 6) is 11.0. The van der Waals surface area contributed by atoms with E-state index in [9.17, 15) is 83.4 Å². The molecule has 0 heterocycles. The average Bonchev–Trinajstić information content (AvgIpc) is 1.54. The van der Waals surface area contributed by atoms with Gasteiger partial charge < -0.3 is 9.47 Å². The first-order chi connectivity index (χ1) is 62.6. The van der Waals surface area contributed by atoms with E-state index in [1.165, 1.54) is 38.5 Å². The van der Waals surface area contributed by atoms with Gasteiger partial charge in [0.15, 0.2) is 0 Å². The van der Waals surface area contributed by atoms with Gasteiger partial charge in [-0.25, -0.2) is 30.7 Å². The minimum atomic E-state index is -4.05. The average molecular weight is 2010 g/mol. The normalized spacial score (nSPS) is 33.5. The lowest BCUT2D eigenvalue weighted by molar-refractivity contribution is -0.257. The summed E-state index contributed by atoms with van der Waals surface area (Å²) >= 11 is 0. The Bertz CT molecular complexity index is 3300. The lowest BCUT2D eigenvalue weighted by atomic mass is 9.63. The molecule has 10 fully saturated rings. The highest BCUT2D eigenvalue weighted by atomic mass is 19.4. The third-order valence-electron chi connectivity index (χ3n) is 39.3. The molecule has 0 N–H and O–H groups in total. The lowest BCUT2D eigenvalue weighted by Gasteiger charge is -2.43. The Morgan fingerprint density at radius 3 is 0.739 bits per heavy atom. The molecule has 21 atom stereocenters. The number of halogens is 19. The van der Waals surface area contributed by atoms with Crippen molar-refractivity contribution in [3.63, 3.8) is 0 Å². The SMILES string of the molecule is CC(C)C1CC1(C(C)C)C(F)(F)F.CC(C)C1CC1(C(C)C)C(F)F.CC(C)C1CC1(CC(F)(F)F)C(C)C.CC(C)C1CC1(CC(F)F)C(C)C.CC(C)C1CCCC1(C(C)C)C(C)F.CC(C)C1CCCC1(C(C)C)C(F)(F)F.CC(C)C1CCCC1(CC(F)(F)F)C(C)C.CC(C)C1CCCC1(CC(F)F)C(C)C.COCC1(C(C)C)CC1C(C)C.COCC1(C(C)C)CCCC1C(C)C. The van der Waals surface area contributed by atoms with Crippen molar-refractivity contribution < 1.29 is 92.9 Å². The molecule has 10 aliphatic carbocycles. The van der Waals surface area contributed by atoms with Crippen molar-refractivity contribution in [2.24, 2.45) is 232 Å². The van der Waals surface area contributed by atoms with Crippen LogP contribution in [0.1, 0.15) is 438 Å². The first-order valence-electron chi connectivity index (χ1n) is 55.3. The van der Waals surface area contributed by atoms with Gasteiger partial charge in [-0.3, -0.25) is 0 Å². The Morgan fingerprint density at radius 1 is 0.232 bits per heavy atom. The van der Waals surface area contributed by atoms with Crippen LogP contribution in [0.5, 0.6) is 0 Å². The fourth-order valence-corrected chi connectivity index (χ4v) is 30.5. The van der Waals surface area contributed by atoms with E-state index in [1.807, 2.05) is 111 Å².